The van der Waals surface area contributed by atoms with Crippen molar-refractivity contribution in [1.82, 2.24) is 5.32 Å². The number of hydrogen-bond donors (Lipinski definition) is 1. The first-order valence-corrected chi connectivity index (χ1v) is 9.10. The van der Waals surface area contributed by atoms with Crippen LogP contribution in [0.25, 0.3) is 0 Å². The minimum atomic E-state index is -3.36. The molecule has 1 aliphatic carbocycles. The Hall–Kier alpha value is -0.290. The molecule has 1 aromatic carbocycles. The summed E-state index contributed by atoms with van der Waals surface area (Å²) in [4.78, 5) is 0.265. The van der Waals surface area contributed by atoms with Crippen molar-refractivity contribution in [2.24, 2.45) is 5.92 Å². The molecule has 2 rings (SSSR count). The number of benzene rings is 1. The van der Waals surface area contributed by atoms with Crippen LogP contribution in [0.2, 0.25) is 10.0 Å². The summed E-state index contributed by atoms with van der Waals surface area (Å²) in [5.74, 6) is 0.0920. The van der Waals surface area contributed by atoms with Gasteiger partial charge < -0.3 is 5.32 Å². The third-order valence-electron chi connectivity index (χ3n) is 4.07. The molecule has 0 heterocycles. The van der Waals surface area contributed by atoms with Crippen LogP contribution < -0.4 is 5.32 Å². The second-order valence-electron chi connectivity index (χ2n) is 5.26. The zero-order chi connectivity index (χ0) is 14.9. The summed E-state index contributed by atoms with van der Waals surface area (Å²) in [6, 6.07) is 4.80. The lowest BCUT2D eigenvalue weighted by Gasteiger charge is -2.21. The van der Waals surface area contributed by atoms with Crippen molar-refractivity contribution in [3.8, 4) is 0 Å². The van der Waals surface area contributed by atoms with Gasteiger partial charge in [0.05, 0.1) is 20.2 Å². The maximum Gasteiger partial charge on any atom is 0.181 e. The number of halogens is 2. The van der Waals surface area contributed by atoms with Gasteiger partial charge in [-0.2, -0.15) is 0 Å². The van der Waals surface area contributed by atoms with Crippen LogP contribution in [0.3, 0.4) is 0 Å². The summed E-state index contributed by atoms with van der Waals surface area (Å²) >= 11 is 11.8. The fourth-order valence-corrected chi connectivity index (χ4v) is 5.40. The largest absolute Gasteiger partial charge is 0.314 e. The molecule has 1 N–H and O–H groups in total. The van der Waals surface area contributed by atoms with Crippen LogP contribution in [0.1, 0.15) is 26.7 Å². The molecule has 3 nitrogen and oxygen atoms in total. The van der Waals surface area contributed by atoms with Gasteiger partial charge in [-0.25, -0.2) is 8.42 Å². The minimum Gasteiger partial charge on any atom is -0.314 e. The van der Waals surface area contributed by atoms with Crippen LogP contribution in [-0.4, -0.2) is 26.3 Å². The van der Waals surface area contributed by atoms with Gasteiger partial charge in [0.2, 0.25) is 0 Å². The molecular weight excluding hydrogens is 317 g/mol. The van der Waals surface area contributed by atoms with Crippen molar-refractivity contribution in [2.45, 2.75) is 42.9 Å². The molecule has 0 spiro atoms. The Bertz CT molecular complexity index is 589. The lowest BCUT2D eigenvalue weighted by Crippen LogP contribution is -2.36. The van der Waals surface area contributed by atoms with Gasteiger partial charge in [0, 0.05) is 6.04 Å². The molecule has 0 aromatic heterocycles. The molecule has 6 heteroatoms. The number of rotatable bonds is 4. The highest BCUT2D eigenvalue weighted by Crippen LogP contribution is 2.36. The first-order chi connectivity index (χ1) is 9.37. The first kappa shape index (κ1) is 16.1. The molecule has 3 unspecified atom stereocenters. The molecule has 20 heavy (non-hydrogen) atoms. The van der Waals surface area contributed by atoms with E-state index in [1.54, 1.807) is 0 Å². The monoisotopic (exact) mass is 335 g/mol. The van der Waals surface area contributed by atoms with Gasteiger partial charge in [0.1, 0.15) is 0 Å². The van der Waals surface area contributed by atoms with E-state index in [0.717, 1.165) is 13.0 Å². The average molecular weight is 336 g/mol. The van der Waals surface area contributed by atoms with Crippen LogP contribution in [0.5, 0.6) is 0 Å². The van der Waals surface area contributed by atoms with Gasteiger partial charge in [-0.1, -0.05) is 37.0 Å². The Morgan fingerprint density at radius 3 is 2.55 bits per heavy atom. The lowest BCUT2D eigenvalue weighted by molar-refractivity contribution is 0.433. The highest BCUT2D eigenvalue weighted by Gasteiger charge is 2.41. The second kappa shape index (κ2) is 6.22. The number of sulfone groups is 1. The zero-order valence-electron chi connectivity index (χ0n) is 11.6. The zero-order valence-corrected chi connectivity index (χ0v) is 13.9. The van der Waals surface area contributed by atoms with E-state index in [0.29, 0.717) is 11.4 Å². The fourth-order valence-electron chi connectivity index (χ4n) is 2.95. The molecule has 0 radical (unpaired) electrons. The second-order valence-corrected chi connectivity index (χ2v) is 8.24. The molecule has 1 fully saturated rings. The van der Waals surface area contributed by atoms with Crippen molar-refractivity contribution < 1.29 is 8.42 Å². The predicted octanol–water partition coefficient (Wildman–Crippen LogP) is 3.54. The quantitative estimate of drug-likeness (QED) is 0.915. The van der Waals surface area contributed by atoms with E-state index in [2.05, 4.69) is 5.32 Å². The van der Waals surface area contributed by atoms with Gasteiger partial charge >= 0.3 is 0 Å². The van der Waals surface area contributed by atoms with E-state index < -0.39 is 9.84 Å². The first-order valence-electron chi connectivity index (χ1n) is 6.80. The Balaban J connectivity index is 2.29. The summed E-state index contributed by atoms with van der Waals surface area (Å²) in [6.45, 7) is 4.89. The number of nitrogens with one attached hydrogen (secondary N) is 1. The van der Waals surface area contributed by atoms with E-state index in [-0.39, 0.29) is 27.1 Å². The molecule has 3 atom stereocenters. The van der Waals surface area contributed by atoms with Crippen molar-refractivity contribution in [3.05, 3.63) is 28.2 Å². The fraction of sp³-hybridized carbons (Fsp3) is 0.571. The highest BCUT2D eigenvalue weighted by molar-refractivity contribution is 7.92. The predicted molar refractivity (Wildman–Crippen MR) is 83.3 cm³/mol. The smallest absolute Gasteiger partial charge is 0.181 e. The van der Waals surface area contributed by atoms with Gasteiger partial charge in [-0.05, 0) is 43.5 Å². The van der Waals surface area contributed by atoms with Crippen LogP contribution in [-0.2, 0) is 9.84 Å². The third kappa shape index (κ3) is 2.98. The molecule has 1 aliphatic rings. The Labute approximate surface area is 130 Å². The van der Waals surface area contributed by atoms with E-state index in [9.17, 15) is 8.42 Å². The molecule has 1 saturated carbocycles. The van der Waals surface area contributed by atoms with Gasteiger partial charge in [-0.15, -0.1) is 0 Å². The van der Waals surface area contributed by atoms with Crippen molar-refractivity contribution in [3.63, 3.8) is 0 Å². The van der Waals surface area contributed by atoms with E-state index >= 15 is 0 Å². The molecule has 0 saturated heterocycles. The number of hydrogen-bond acceptors (Lipinski definition) is 3. The maximum atomic E-state index is 12.7. The van der Waals surface area contributed by atoms with Crippen molar-refractivity contribution in [1.29, 1.82) is 0 Å². The molecule has 0 aliphatic heterocycles. The summed E-state index contributed by atoms with van der Waals surface area (Å²) in [5.41, 5.74) is 0. The molecule has 0 amide bonds. The minimum absolute atomic E-state index is 0.0920. The molecule has 0 bridgehead atoms. The van der Waals surface area contributed by atoms with Crippen LogP contribution in [0, 0.1) is 5.92 Å². The normalized spacial score (nSPS) is 26.9. The van der Waals surface area contributed by atoms with Gasteiger partial charge in [-0.3, -0.25) is 0 Å². The SMILES string of the molecule is CCNC1CCC(S(=O)(=O)c2ccc(Cl)c(Cl)c2)C1C. The molecular formula is C14H19Cl2NO2S. The Morgan fingerprint density at radius 2 is 1.95 bits per heavy atom. The molecule has 1 aromatic rings. The topological polar surface area (TPSA) is 46.2 Å². The van der Waals surface area contributed by atoms with E-state index in [4.69, 9.17) is 23.2 Å². The summed E-state index contributed by atoms with van der Waals surface area (Å²) in [7, 11) is -3.36. The molecule has 112 valence electrons. The standard InChI is InChI=1S/C14H19Cl2NO2S/c1-3-17-13-6-7-14(9(13)2)20(18,19)10-4-5-11(15)12(16)8-10/h4-5,8-9,13-14,17H,3,6-7H2,1-2H3. The maximum absolute atomic E-state index is 12.7. The third-order valence-corrected chi connectivity index (χ3v) is 7.18. The summed E-state index contributed by atoms with van der Waals surface area (Å²) < 4.78 is 25.5. The van der Waals surface area contributed by atoms with Gasteiger partial charge in [0.15, 0.2) is 9.84 Å². The Kier molecular flexibility index (Phi) is 5.00. The average Bonchev–Trinajstić information content (AvgIpc) is 2.75. The van der Waals surface area contributed by atoms with E-state index in [1.807, 2.05) is 13.8 Å². The van der Waals surface area contributed by atoms with Crippen LogP contribution in [0.15, 0.2) is 23.1 Å². The van der Waals surface area contributed by atoms with Crippen molar-refractivity contribution in [2.75, 3.05) is 6.54 Å². The van der Waals surface area contributed by atoms with Crippen LogP contribution in [0.4, 0.5) is 0 Å². The van der Waals surface area contributed by atoms with Gasteiger partial charge in [0.25, 0.3) is 0 Å². The lowest BCUT2D eigenvalue weighted by atomic mass is 10.1. The summed E-state index contributed by atoms with van der Waals surface area (Å²) in [5, 5.41) is 3.65. The summed E-state index contributed by atoms with van der Waals surface area (Å²) in [6.07, 6.45) is 1.57. The van der Waals surface area contributed by atoms with Crippen LogP contribution >= 0.6 is 23.2 Å². The highest BCUT2D eigenvalue weighted by atomic mass is 35.5. The van der Waals surface area contributed by atoms with Crippen molar-refractivity contribution >= 4 is 33.0 Å². The van der Waals surface area contributed by atoms with E-state index in [1.165, 1.54) is 18.2 Å². The Morgan fingerprint density at radius 1 is 1.25 bits per heavy atom.